The van der Waals surface area contributed by atoms with E-state index in [1.165, 1.54) is 24.0 Å². The van der Waals surface area contributed by atoms with Gasteiger partial charge in [-0.2, -0.15) is 13.2 Å². The number of hydrogen-bond donors (Lipinski definition) is 2. The molecule has 8 heteroatoms. The van der Waals surface area contributed by atoms with Crippen molar-refractivity contribution in [2.45, 2.75) is 12.6 Å². The monoisotopic (exact) mass is 371 g/mol. The second-order valence-electron chi connectivity index (χ2n) is 6.19. The van der Waals surface area contributed by atoms with Gasteiger partial charge in [-0.1, -0.05) is 18.2 Å². The summed E-state index contributed by atoms with van der Waals surface area (Å²) < 4.78 is 38.1. The third-order valence-electron chi connectivity index (χ3n) is 4.48. The first kappa shape index (κ1) is 17.1. The summed E-state index contributed by atoms with van der Waals surface area (Å²) in [6.45, 7) is 0.750. The molecule has 0 saturated heterocycles. The van der Waals surface area contributed by atoms with Crippen molar-refractivity contribution in [1.82, 2.24) is 9.97 Å². The summed E-state index contributed by atoms with van der Waals surface area (Å²) in [4.78, 5) is 10.5. The molecule has 1 aromatic heterocycles. The number of aromatic nitrogens is 2. The van der Waals surface area contributed by atoms with E-state index < -0.39 is 11.7 Å². The Morgan fingerprint density at radius 1 is 1.00 bits per heavy atom. The normalized spacial score (nSPS) is 13.5. The molecule has 0 saturated carbocycles. The molecule has 27 heavy (non-hydrogen) atoms. The van der Waals surface area contributed by atoms with Crippen molar-refractivity contribution in [3.8, 4) is 0 Å². The maximum atomic E-state index is 12.7. The van der Waals surface area contributed by atoms with Crippen LogP contribution in [0.5, 0.6) is 0 Å². The summed E-state index contributed by atoms with van der Waals surface area (Å²) in [5.41, 5.74) is 8.61. The number of nitrogens with zero attached hydrogens (tertiary/aromatic N) is 3. The Balaban J connectivity index is 1.62. The van der Waals surface area contributed by atoms with Gasteiger partial charge in [0.05, 0.1) is 5.56 Å². The number of alkyl halides is 3. The number of nitrogens with one attached hydrogen (secondary N) is 1. The van der Waals surface area contributed by atoms with E-state index in [0.29, 0.717) is 23.0 Å². The second kappa shape index (κ2) is 6.46. The molecule has 138 valence electrons. The quantitative estimate of drug-likeness (QED) is 0.709. The first-order chi connectivity index (χ1) is 12.9. The van der Waals surface area contributed by atoms with Crippen LogP contribution in [-0.2, 0) is 12.6 Å². The van der Waals surface area contributed by atoms with Gasteiger partial charge in [-0.05, 0) is 42.3 Å². The Morgan fingerprint density at radius 3 is 2.48 bits per heavy atom. The zero-order valence-corrected chi connectivity index (χ0v) is 14.2. The van der Waals surface area contributed by atoms with E-state index in [9.17, 15) is 13.2 Å². The highest BCUT2D eigenvalue weighted by atomic mass is 19.4. The molecule has 0 amide bonds. The lowest BCUT2D eigenvalue weighted by Gasteiger charge is -2.21. The van der Waals surface area contributed by atoms with E-state index in [-0.39, 0.29) is 0 Å². The minimum atomic E-state index is -4.37. The first-order valence-electron chi connectivity index (χ1n) is 8.33. The summed E-state index contributed by atoms with van der Waals surface area (Å²) >= 11 is 0. The van der Waals surface area contributed by atoms with Crippen LogP contribution >= 0.6 is 0 Å². The minimum Gasteiger partial charge on any atom is -0.393 e. The van der Waals surface area contributed by atoms with Gasteiger partial charge in [0.15, 0.2) is 11.6 Å². The smallest absolute Gasteiger partial charge is 0.393 e. The first-order valence-corrected chi connectivity index (χ1v) is 8.33. The standard InChI is InChI=1S/C19H16F3N5/c20-19(21,22)13-5-7-14(8-6-13)26-17-16(23)18(25-11-24-17)27-10-9-12-3-1-2-4-15(12)27/h1-8,11H,9-10,23H2,(H,24,25,26). The zero-order valence-electron chi connectivity index (χ0n) is 14.2. The fraction of sp³-hybridized carbons (Fsp3) is 0.158. The Labute approximate surface area is 153 Å². The molecule has 0 radical (unpaired) electrons. The third kappa shape index (κ3) is 3.25. The maximum Gasteiger partial charge on any atom is 0.416 e. The number of hydrogen-bond acceptors (Lipinski definition) is 5. The summed E-state index contributed by atoms with van der Waals surface area (Å²) in [5, 5.41) is 2.97. The Morgan fingerprint density at radius 2 is 1.74 bits per heavy atom. The molecule has 1 aliphatic heterocycles. The van der Waals surface area contributed by atoms with Crippen LogP contribution in [0.2, 0.25) is 0 Å². The molecule has 0 bridgehead atoms. The molecule has 0 spiro atoms. The third-order valence-corrected chi connectivity index (χ3v) is 4.48. The average molecular weight is 371 g/mol. The fourth-order valence-corrected chi connectivity index (χ4v) is 3.14. The summed E-state index contributed by atoms with van der Waals surface area (Å²) in [6, 6.07) is 12.7. The lowest BCUT2D eigenvalue weighted by Crippen LogP contribution is -2.17. The van der Waals surface area contributed by atoms with Crippen molar-refractivity contribution >= 4 is 28.7 Å². The average Bonchev–Trinajstić information content (AvgIpc) is 3.07. The van der Waals surface area contributed by atoms with Crippen molar-refractivity contribution in [2.24, 2.45) is 0 Å². The number of nitrogens with two attached hydrogens (primary N) is 1. The van der Waals surface area contributed by atoms with Gasteiger partial charge < -0.3 is 16.0 Å². The molecule has 1 aliphatic rings. The van der Waals surface area contributed by atoms with Crippen LogP contribution in [0.25, 0.3) is 0 Å². The second-order valence-corrected chi connectivity index (χ2v) is 6.19. The van der Waals surface area contributed by atoms with Crippen LogP contribution in [0.3, 0.4) is 0 Å². The number of halogens is 3. The number of para-hydroxylation sites is 1. The number of anilines is 5. The van der Waals surface area contributed by atoms with Crippen LogP contribution < -0.4 is 16.0 Å². The van der Waals surface area contributed by atoms with Crippen LogP contribution in [0.15, 0.2) is 54.9 Å². The van der Waals surface area contributed by atoms with Gasteiger partial charge in [-0.15, -0.1) is 0 Å². The van der Waals surface area contributed by atoms with Crippen molar-refractivity contribution in [3.63, 3.8) is 0 Å². The molecule has 0 aliphatic carbocycles. The maximum absolute atomic E-state index is 12.7. The minimum absolute atomic E-state index is 0.342. The molecule has 0 atom stereocenters. The molecule has 3 N–H and O–H groups in total. The summed E-state index contributed by atoms with van der Waals surface area (Å²) in [5.74, 6) is 0.925. The Bertz CT molecular complexity index is 970. The van der Waals surface area contributed by atoms with Gasteiger partial charge in [0.25, 0.3) is 0 Å². The van der Waals surface area contributed by atoms with Crippen LogP contribution in [-0.4, -0.2) is 16.5 Å². The van der Waals surface area contributed by atoms with Crippen molar-refractivity contribution < 1.29 is 13.2 Å². The Kier molecular flexibility index (Phi) is 4.10. The largest absolute Gasteiger partial charge is 0.416 e. The SMILES string of the molecule is Nc1c(Nc2ccc(C(F)(F)F)cc2)ncnc1N1CCc2ccccc21. The molecular weight excluding hydrogens is 355 g/mol. The van der Waals surface area contributed by atoms with Gasteiger partial charge in [0.2, 0.25) is 0 Å². The van der Waals surface area contributed by atoms with Crippen molar-refractivity contribution in [3.05, 3.63) is 66.0 Å². The van der Waals surface area contributed by atoms with E-state index in [1.54, 1.807) is 0 Å². The molecule has 2 heterocycles. The van der Waals surface area contributed by atoms with Gasteiger partial charge in [-0.3, -0.25) is 0 Å². The fourth-order valence-electron chi connectivity index (χ4n) is 3.14. The molecule has 4 rings (SSSR count). The lowest BCUT2D eigenvalue weighted by molar-refractivity contribution is -0.137. The molecule has 5 nitrogen and oxygen atoms in total. The van der Waals surface area contributed by atoms with E-state index in [0.717, 1.165) is 30.8 Å². The highest BCUT2D eigenvalue weighted by Gasteiger charge is 2.30. The Hall–Kier alpha value is -3.29. The number of fused-ring (bicyclic) bond motifs is 1. The summed E-state index contributed by atoms with van der Waals surface area (Å²) in [7, 11) is 0. The zero-order chi connectivity index (χ0) is 19.0. The molecule has 0 fully saturated rings. The molecular formula is C19H16F3N5. The van der Waals surface area contributed by atoms with Crippen molar-refractivity contribution in [1.29, 1.82) is 0 Å². The number of rotatable bonds is 3. The highest BCUT2D eigenvalue weighted by molar-refractivity contribution is 5.83. The number of benzene rings is 2. The predicted molar refractivity (Wildman–Crippen MR) is 98.3 cm³/mol. The van der Waals surface area contributed by atoms with Crippen LogP contribution in [0.4, 0.5) is 41.9 Å². The van der Waals surface area contributed by atoms with Gasteiger partial charge in [0.1, 0.15) is 12.0 Å². The molecule has 2 aromatic carbocycles. The van der Waals surface area contributed by atoms with E-state index in [4.69, 9.17) is 5.73 Å². The van der Waals surface area contributed by atoms with Crippen LogP contribution in [0.1, 0.15) is 11.1 Å². The molecule has 3 aromatic rings. The topological polar surface area (TPSA) is 67.1 Å². The van der Waals surface area contributed by atoms with E-state index in [1.807, 2.05) is 23.1 Å². The van der Waals surface area contributed by atoms with E-state index >= 15 is 0 Å². The van der Waals surface area contributed by atoms with E-state index in [2.05, 4.69) is 21.4 Å². The van der Waals surface area contributed by atoms with Crippen molar-refractivity contribution in [2.75, 3.05) is 22.5 Å². The van der Waals surface area contributed by atoms with Gasteiger partial charge in [-0.25, -0.2) is 9.97 Å². The molecule has 0 unspecified atom stereocenters. The van der Waals surface area contributed by atoms with Gasteiger partial charge >= 0.3 is 6.18 Å². The predicted octanol–water partition coefficient (Wildman–Crippen LogP) is 4.52. The van der Waals surface area contributed by atoms with Gasteiger partial charge in [0, 0.05) is 17.9 Å². The lowest BCUT2D eigenvalue weighted by atomic mass is 10.2. The summed E-state index contributed by atoms with van der Waals surface area (Å²) in [6.07, 6.45) is -2.09. The highest BCUT2D eigenvalue weighted by Crippen LogP contribution is 2.38. The van der Waals surface area contributed by atoms with Crippen LogP contribution in [0, 0.1) is 0 Å². The number of nitrogen functional groups attached to an aromatic ring is 1.